The predicted molar refractivity (Wildman–Crippen MR) is 104 cm³/mol. The van der Waals surface area contributed by atoms with Gasteiger partial charge >= 0.3 is 0 Å². The number of ether oxygens (including phenoxy) is 1. The molecule has 0 saturated carbocycles. The van der Waals surface area contributed by atoms with Gasteiger partial charge in [-0.3, -0.25) is 4.79 Å². The van der Waals surface area contributed by atoms with Crippen molar-refractivity contribution in [3.8, 4) is 5.75 Å². The zero-order valence-corrected chi connectivity index (χ0v) is 16.5. The van der Waals surface area contributed by atoms with Crippen LogP contribution in [0.15, 0.2) is 40.9 Å². The molecule has 2 aromatic rings. The molecule has 2 aromatic carbocycles. The lowest BCUT2D eigenvalue weighted by Gasteiger charge is -2.14. The second-order valence-corrected chi connectivity index (χ2v) is 7.51. The third-order valence-electron chi connectivity index (χ3n) is 3.32. The summed E-state index contributed by atoms with van der Waals surface area (Å²) in [7, 11) is 0. The Bertz CT molecular complexity index is 735. The van der Waals surface area contributed by atoms with Gasteiger partial charge in [-0.2, -0.15) is 0 Å². The molecular formula is C18H18BrCl2NO2. The molecule has 0 spiro atoms. The Morgan fingerprint density at radius 3 is 2.62 bits per heavy atom. The Morgan fingerprint density at radius 1 is 1.21 bits per heavy atom. The molecule has 128 valence electrons. The molecular weight excluding hydrogens is 413 g/mol. The number of benzene rings is 2. The summed E-state index contributed by atoms with van der Waals surface area (Å²) in [5.41, 5.74) is 0.943. The number of carbonyl (C=O) groups is 1. The maximum absolute atomic E-state index is 12.6. The first kappa shape index (κ1) is 19.1. The average Bonchev–Trinajstić information content (AvgIpc) is 2.51. The van der Waals surface area contributed by atoms with Crippen LogP contribution in [0.5, 0.6) is 5.75 Å². The third kappa shape index (κ3) is 5.40. The van der Waals surface area contributed by atoms with E-state index in [4.69, 9.17) is 27.9 Å². The lowest BCUT2D eigenvalue weighted by Crippen LogP contribution is -2.14. The molecule has 6 heteroatoms. The molecule has 0 saturated heterocycles. The molecule has 0 aliphatic heterocycles. The van der Waals surface area contributed by atoms with Gasteiger partial charge < -0.3 is 10.1 Å². The van der Waals surface area contributed by atoms with Gasteiger partial charge in [-0.15, -0.1) is 0 Å². The number of hydrogen-bond donors (Lipinski definition) is 1. The first-order valence-electron chi connectivity index (χ1n) is 7.55. The van der Waals surface area contributed by atoms with Gasteiger partial charge in [0.2, 0.25) is 0 Å². The maximum Gasteiger partial charge on any atom is 0.259 e. The smallest absolute Gasteiger partial charge is 0.259 e. The fraction of sp³-hybridized carbons (Fsp3) is 0.278. The SMILES string of the molecule is CC(C)CCOc1ccc(Br)cc1C(=O)Nc1ccc(Cl)cc1Cl. The molecule has 0 aliphatic carbocycles. The van der Waals surface area contributed by atoms with Crippen LogP contribution in [-0.2, 0) is 0 Å². The standard InChI is InChI=1S/C18H18BrCl2NO2/c1-11(2)7-8-24-17-6-3-12(19)9-14(17)18(23)22-16-5-4-13(20)10-15(16)21/h3-6,9-11H,7-8H2,1-2H3,(H,22,23). The van der Waals surface area contributed by atoms with E-state index in [1.165, 1.54) is 0 Å². The number of rotatable bonds is 6. The quantitative estimate of drug-likeness (QED) is 0.572. The molecule has 0 aliphatic rings. The van der Waals surface area contributed by atoms with E-state index in [2.05, 4.69) is 35.1 Å². The van der Waals surface area contributed by atoms with Crippen LogP contribution in [0.1, 0.15) is 30.6 Å². The summed E-state index contributed by atoms with van der Waals surface area (Å²) in [6, 6.07) is 10.3. The van der Waals surface area contributed by atoms with E-state index in [-0.39, 0.29) is 5.91 Å². The number of nitrogens with one attached hydrogen (secondary N) is 1. The molecule has 3 nitrogen and oxygen atoms in total. The summed E-state index contributed by atoms with van der Waals surface area (Å²) < 4.78 is 6.57. The molecule has 0 radical (unpaired) electrons. The summed E-state index contributed by atoms with van der Waals surface area (Å²) in [5, 5.41) is 3.68. The number of halogens is 3. The summed E-state index contributed by atoms with van der Waals surface area (Å²) in [5.74, 6) is 0.784. The Balaban J connectivity index is 2.19. The molecule has 0 aromatic heterocycles. The predicted octanol–water partition coefficient (Wildman–Crippen LogP) is 6.43. The van der Waals surface area contributed by atoms with Crippen molar-refractivity contribution in [2.45, 2.75) is 20.3 Å². The highest BCUT2D eigenvalue weighted by molar-refractivity contribution is 9.10. The van der Waals surface area contributed by atoms with Crippen molar-refractivity contribution < 1.29 is 9.53 Å². The second kappa shape index (κ2) is 8.75. The lowest BCUT2D eigenvalue weighted by atomic mass is 10.1. The Kier molecular flexibility index (Phi) is 6.96. The average molecular weight is 431 g/mol. The van der Waals surface area contributed by atoms with Crippen LogP contribution >= 0.6 is 39.1 Å². The molecule has 2 rings (SSSR count). The highest BCUT2D eigenvalue weighted by atomic mass is 79.9. The van der Waals surface area contributed by atoms with Crippen LogP contribution in [0.4, 0.5) is 5.69 Å². The molecule has 1 amide bonds. The third-order valence-corrected chi connectivity index (χ3v) is 4.36. The minimum atomic E-state index is -0.292. The minimum absolute atomic E-state index is 0.292. The van der Waals surface area contributed by atoms with Crippen molar-refractivity contribution in [3.63, 3.8) is 0 Å². The van der Waals surface area contributed by atoms with Gasteiger partial charge in [-0.25, -0.2) is 0 Å². The minimum Gasteiger partial charge on any atom is -0.493 e. The van der Waals surface area contributed by atoms with Gasteiger partial charge in [0.25, 0.3) is 5.91 Å². The first-order valence-corrected chi connectivity index (χ1v) is 9.10. The first-order chi connectivity index (χ1) is 11.4. The highest BCUT2D eigenvalue weighted by Crippen LogP contribution is 2.28. The van der Waals surface area contributed by atoms with Crippen molar-refractivity contribution >= 4 is 50.7 Å². The van der Waals surface area contributed by atoms with Gasteiger partial charge in [-0.1, -0.05) is 53.0 Å². The number of carbonyl (C=O) groups excluding carboxylic acids is 1. The van der Waals surface area contributed by atoms with E-state index in [0.29, 0.717) is 39.6 Å². The van der Waals surface area contributed by atoms with E-state index in [0.717, 1.165) is 10.9 Å². The molecule has 24 heavy (non-hydrogen) atoms. The number of anilines is 1. The molecule has 0 heterocycles. The maximum atomic E-state index is 12.6. The van der Waals surface area contributed by atoms with Gasteiger partial charge in [-0.05, 0) is 48.7 Å². The lowest BCUT2D eigenvalue weighted by molar-refractivity contribution is 0.102. The van der Waals surface area contributed by atoms with E-state index < -0.39 is 0 Å². The second-order valence-electron chi connectivity index (χ2n) is 5.75. The van der Waals surface area contributed by atoms with E-state index in [1.807, 2.05) is 6.07 Å². The number of hydrogen-bond acceptors (Lipinski definition) is 2. The summed E-state index contributed by atoms with van der Waals surface area (Å²) in [4.78, 5) is 12.6. The fourth-order valence-corrected chi connectivity index (χ4v) is 2.81. The summed E-state index contributed by atoms with van der Waals surface area (Å²) in [6.07, 6.45) is 0.917. The van der Waals surface area contributed by atoms with Gasteiger partial charge in [0, 0.05) is 9.50 Å². The van der Waals surface area contributed by atoms with Crippen LogP contribution in [0.2, 0.25) is 10.0 Å². The van der Waals surface area contributed by atoms with Crippen molar-refractivity contribution in [1.82, 2.24) is 0 Å². The highest BCUT2D eigenvalue weighted by Gasteiger charge is 2.15. The molecule has 0 fully saturated rings. The van der Waals surface area contributed by atoms with E-state index in [1.54, 1.807) is 30.3 Å². The van der Waals surface area contributed by atoms with Crippen LogP contribution < -0.4 is 10.1 Å². The monoisotopic (exact) mass is 429 g/mol. The molecule has 0 atom stereocenters. The van der Waals surface area contributed by atoms with E-state index >= 15 is 0 Å². The van der Waals surface area contributed by atoms with Gasteiger partial charge in [0.05, 0.1) is 22.9 Å². The summed E-state index contributed by atoms with van der Waals surface area (Å²) >= 11 is 15.4. The molecule has 0 bridgehead atoms. The van der Waals surface area contributed by atoms with Crippen molar-refractivity contribution in [2.24, 2.45) is 5.92 Å². The van der Waals surface area contributed by atoms with Gasteiger partial charge in [0.1, 0.15) is 5.75 Å². The zero-order chi connectivity index (χ0) is 17.7. The topological polar surface area (TPSA) is 38.3 Å². The van der Waals surface area contributed by atoms with Gasteiger partial charge in [0.15, 0.2) is 0 Å². The van der Waals surface area contributed by atoms with Crippen molar-refractivity contribution in [2.75, 3.05) is 11.9 Å². The van der Waals surface area contributed by atoms with E-state index in [9.17, 15) is 4.79 Å². The van der Waals surface area contributed by atoms with Crippen LogP contribution in [0.3, 0.4) is 0 Å². The zero-order valence-electron chi connectivity index (χ0n) is 13.4. The summed E-state index contributed by atoms with van der Waals surface area (Å²) in [6.45, 7) is 4.81. The van der Waals surface area contributed by atoms with Crippen LogP contribution in [0, 0.1) is 5.92 Å². The number of amides is 1. The van der Waals surface area contributed by atoms with Crippen molar-refractivity contribution in [1.29, 1.82) is 0 Å². The molecule has 0 unspecified atom stereocenters. The Morgan fingerprint density at radius 2 is 1.96 bits per heavy atom. The van der Waals surface area contributed by atoms with Crippen molar-refractivity contribution in [3.05, 3.63) is 56.5 Å². The Labute approximate surface area is 160 Å². The van der Waals surface area contributed by atoms with Crippen LogP contribution in [-0.4, -0.2) is 12.5 Å². The largest absolute Gasteiger partial charge is 0.493 e. The normalized spacial score (nSPS) is 10.8. The van der Waals surface area contributed by atoms with Crippen LogP contribution in [0.25, 0.3) is 0 Å². The fourth-order valence-electron chi connectivity index (χ4n) is 1.99. The Hall–Kier alpha value is -1.23. The molecule has 1 N–H and O–H groups in total.